The monoisotopic (exact) mass is 369 g/mol. The van der Waals surface area contributed by atoms with Crippen LogP contribution in [0.3, 0.4) is 0 Å². The minimum atomic E-state index is -0.607. The second-order valence-electron chi connectivity index (χ2n) is 7.46. The third-order valence-corrected chi connectivity index (χ3v) is 5.24. The van der Waals surface area contributed by atoms with Gasteiger partial charge in [-0.2, -0.15) is 5.26 Å². The van der Waals surface area contributed by atoms with E-state index < -0.39 is 23.5 Å². The Labute approximate surface area is 158 Å². The van der Waals surface area contributed by atoms with Gasteiger partial charge in [-0.15, -0.1) is 0 Å². The Hall–Kier alpha value is -2.82. The van der Waals surface area contributed by atoms with E-state index in [1.165, 1.54) is 13.3 Å². The molecule has 3 rings (SSSR count). The molecule has 142 valence electrons. The van der Waals surface area contributed by atoms with Crippen LogP contribution in [0.25, 0.3) is 5.69 Å². The van der Waals surface area contributed by atoms with Crippen LogP contribution in [0.4, 0.5) is 5.69 Å². The van der Waals surface area contributed by atoms with E-state index >= 15 is 0 Å². The van der Waals surface area contributed by atoms with Crippen molar-refractivity contribution < 1.29 is 19.0 Å². The number of benzene rings is 1. The fourth-order valence-corrected chi connectivity index (χ4v) is 2.89. The van der Waals surface area contributed by atoms with E-state index in [4.69, 9.17) is 19.9 Å². The van der Waals surface area contributed by atoms with Gasteiger partial charge in [0, 0.05) is 17.4 Å². The quantitative estimate of drug-likeness (QED) is 0.833. The lowest BCUT2D eigenvalue weighted by Gasteiger charge is -2.30. The normalized spacial score (nSPS) is 18.2. The van der Waals surface area contributed by atoms with Crippen molar-refractivity contribution in [3.05, 3.63) is 47.3 Å². The van der Waals surface area contributed by atoms with Crippen LogP contribution in [0.5, 0.6) is 0 Å². The SMILES string of the molecule is COC(=O)c1c(N)c(C#N)cn1-c1ccc(C2OC(C)(C)C(C)(C)O2)cc1. The summed E-state index contributed by atoms with van der Waals surface area (Å²) in [5, 5.41) is 9.21. The average molecular weight is 369 g/mol. The van der Waals surface area contributed by atoms with E-state index in [0.717, 1.165) is 5.56 Å². The first-order chi connectivity index (χ1) is 12.6. The van der Waals surface area contributed by atoms with Gasteiger partial charge in [0.15, 0.2) is 12.0 Å². The lowest BCUT2D eigenvalue weighted by molar-refractivity contribution is -0.0895. The molecule has 2 N–H and O–H groups in total. The van der Waals surface area contributed by atoms with Crippen LogP contribution in [0.2, 0.25) is 0 Å². The highest BCUT2D eigenvalue weighted by Gasteiger charge is 2.49. The number of esters is 1. The van der Waals surface area contributed by atoms with Crippen molar-refractivity contribution in [1.82, 2.24) is 4.57 Å². The van der Waals surface area contributed by atoms with Crippen LogP contribution >= 0.6 is 0 Å². The van der Waals surface area contributed by atoms with Gasteiger partial charge in [0.25, 0.3) is 0 Å². The molecule has 1 aromatic heterocycles. The smallest absolute Gasteiger partial charge is 0.357 e. The van der Waals surface area contributed by atoms with Crippen LogP contribution in [-0.2, 0) is 14.2 Å². The zero-order chi connectivity index (χ0) is 20.0. The Morgan fingerprint density at radius 2 is 1.74 bits per heavy atom. The van der Waals surface area contributed by atoms with Gasteiger partial charge in [-0.05, 0) is 39.8 Å². The summed E-state index contributed by atoms with van der Waals surface area (Å²) in [7, 11) is 1.27. The maximum absolute atomic E-state index is 12.1. The predicted molar refractivity (Wildman–Crippen MR) is 99.3 cm³/mol. The third kappa shape index (κ3) is 3.07. The van der Waals surface area contributed by atoms with E-state index in [0.29, 0.717) is 5.69 Å². The second-order valence-corrected chi connectivity index (χ2v) is 7.46. The first-order valence-corrected chi connectivity index (χ1v) is 8.56. The number of nitrogens with two attached hydrogens (primary N) is 1. The van der Waals surface area contributed by atoms with Crippen molar-refractivity contribution >= 4 is 11.7 Å². The van der Waals surface area contributed by atoms with Gasteiger partial charge < -0.3 is 24.5 Å². The number of hydrogen-bond acceptors (Lipinski definition) is 6. The average Bonchev–Trinajstić information content (AvgIpc) is 3.07. The minimum absolute atomic E-state index is 0.0967. The number of aromatic nitrogens is 1. The Morgan fingerprint density at radius 3 is 2.22 bits per heavy atom. The predicted octanol–water partition coefficient (Wildman–Crippen LogP) is 3.32. The number of anilines is 1. The van der Waals surface area contributed by atoms with Gasteiger partial charge in [-0.25, -0.2) is 4.79 Å². The molecule has 0 unspecified atom stereocenters. The second kappa shape index (κ2) is 6.41. The maximum Gasteiger partial charge on any atom is 0.357 e. The molecule has 0 saturated carbocycles. The molecule has 1 aliphatic rings. The van der Waals surface area contributed by atoms with E-state index in [2.05, 4.69) is 0 Å². The largest absolute Gasteiger partial charge is 0.464 e. The summed E-state index contributed by atoms with van der Waals surface area (Å²) in [6.07, 6.45) is 1.04. The van der Waals surface area contributed by atoms with Crippen molar-refractivity contribution in [1.29, 1.82) is 5.26 Å². The molecule has 2 heterocycles. The first-order valence-electron chi connectivity index (χ1n) is 8.56. The molecule has 0 amide bonds. The molecule has 0 aliphatic carbocycles. The highest BCUT2D eigenvalue weighted by molar-refractivity contribution is 5.95. The standard InChI is InChI=1S/C20H23N3O4/c1-19(2)20(3,4)27-18(26-19)12-6-8-14(9-7-12)23-11-13(10-21)15(22)16(23)17(24)25-5/h6-9,11,18H,22H2,1-5H3. The van der Waals surface area contributed by atoms with Crippen molar-refractivity contribution in [2.75, 3.05) is 12.8 Å². The lowest BCUT2D eigenvalue weighted by Crippen LogP contribution is -2.41. The molecule has 0 bridgehead atoms. The minimum Gasteiger partial charge on any atom is -0.464 e. The molecule has 1 saturated heterocycles. The molecule has 1 aromatic carbocycles. The first kappa shape index (κ1) is 19.0. The van der Waals surface area contributed by atoms with Gasteiger partial charge in [-0.1, -0.05) is 12.1 Å². The summed E-state index contributed by atoms with van der Waals surface area (Å²) >= 11 is 0. The molecule has 2 aromatic rings. The number of nitrogen functional groups attached to an aromatic ring is 1. The van der Waals surface area contributed by atoms with E-state index in [1.54, 1.807) is 4.57 Å². The molecule has 1 fully saturated rings. The molecule has 0 radical (unpaired) electrons. The van der Waals surface area contributed by atoms with E-state index in [-0.39, 0.29) is 16.9 Å². The van der Waals surface area contributed by atoms with Gasteiger partial charge in [0.2, 0.25) is 0 Å². The molecule has 1 aliphatic heterocycles. The van der Waals surface area contributed by atoms with Crippen molar-refractivity contribution in [2.24, 2.45) is 0 Å². The van der Waals surface area contributed by atoms with Crippen molar-refractivity contribution in [3.63, 3.8) is 0 Å². The number of ether oxygens (including phenoxy) is 3. The number of carbonyl (C=O) groups is 1. The van der Waals surface area contributed by atoms with Crippen LogP contribution < -0.4 is 5.73 Å². The Morgan fingerprint density at radius 1 is 1.19 bits per heavy atom. The molecule has 7 nitrogen and oxygen atoms in total. The number of carbonyl (C=O) groups excluding carboxylic acids is 1. The van der Waals surface area contributed by atoms with Crippen LogP contribution in [0.15, 0.2) is 30.5 Å². The van der Waals surface area contributed by atoms with Gasteiger partial charge in [0.05, 0.1) is 29.6 Å². The Balaban J connectivity index is 1.96. The molecule has 0 spiro atoms. The zero-order valence-electron chi connectivity index (χ0n) is 16.1. The number of nitriles is 1. The zero-order valence-corrected chi connectivity index (χ0v) is 16.1. The molecular weight excluding hydrogens is 346 g/mol. The number of nitrogens with zero attached hydrogens (tertiary/aromatic N) is 2. The maximum atomic E-state index is 12.1. The third-order valence-electron chi connectivity index (χ3n) is 5.24. The molecule has 27 heavy (non-hydrogen) atoms. The van der Waals surface area contributed by atoms with Crippen molar-refractivity contribution in [2.45, 2.75) is 45.2 Å². The Kier molecular flexibility index (Phi) is 4.50. The van der Waals surface area contributed by atoms with Gasteiger partial charge in [-0.3, -0.25) is 0 Å². The molecule has 7 heteroatoms. The summed E-state index contributed by atoms with van der Waals surface area (Å²) < 4.78 is 18.4. The summed E-state index contributed by atoms with van der Waals surface area (Å²) in [5.74, 6) is -0.607. The fraction of sp³-hybridized carbons (Fsp3) is 0.400. The van der Waals surface area contributed by atoms with Crippen LogP contribution in [-0.4, -0.2) is 28.8 Å². The van der Waals surface area contributed by atoms with Crippen molar-refractivity contribution in [3.8, 4) is 11.8 Å². The molecular formula is C20H23N3O4. The highest BCUT2D eigenvalue weighted by Crippen LogP contribution is 2.44. The van der Waals surface area contributed by atoms with Crippen LogP contribution in [0, 0.1) is 11.3 Å². The number of hydrogen-bond donors (Lipinski definition) is 1. The number of methoxy groups -OCH3 is 1. The van der Waals surface area contributed by atoms with Gasteiger partial charge in [0.1, 0.15) is 6.07 Å². The lowest BCUT2D eigenvalue weighted by atomic mass is 9.90. The fourth-order valence-electron chi connectivity index (χ4n) is 2.89. The highest BCUT2D eigenvalue weighted by atomic mass is 16.7. The number of rotatable bonds is 3. The van der Waals surface area contributed by atoms with Gasteiger partial charge >= 0.3 is 5.97 Å². The Bertz CT molecular complexity index is 904. The van der Waals surface area contributed by atoms with Crippen LogP contribution in [0.1, 0.15) is 55.6 Å². The van der Waals surface area contributed by atoms with E-state index in [1.807, 2.05) is 58.0 Å². The summed E-state index contributed by atoms with van der Waals surface area (Å²) in [5.41, 5.74) is 7.04. The summed E-state index contributed by atoms with van der Waals surface area (Å²) in [6, 6.07) is 9.33. The molecule has 0 atom stereocenters. The summed E-state index contributed by atoms with van der Waals surface area (Å²) in [6.45, 7) is 7.98. The van der Waals surface area contributed by atoms with E-state index in [9.17, 15) is 10.1 Å². The topological polar surface area (TPSA) is 99.5 Å². The summed E-state index contributed by atoms with van der Waals surface area (Å²) in [4.78, 5) is 12.1.